The van der Waals surface area contributed by atoms with Crippen molar-refractivity contribution in [1.29, 1.82) is 0 Å². The SMILES string of the molecule is COC(=O)/C(Cl)=C/C1=CS[C@H]2/C(=C\c3ccccn3)C(=O)N2C1C(=O)O. The maximum atomic E-state index is 12.5. The Hall–Kier alpha value is -2.58. The molecule has 26 heavy (non-hydrogen) atoms. The van der Waals surface area contributed by atoms with Gasteiger partial charge in [-0.3, -0.25) is 9.78 Å². The molecule has 3 rings (SSSR count). The second-order valence-corrected chi connectivity index (χ2v) is 6.76. The van der Waals surface area contributed by atoms with Gasteiger partial charge in [0.2, 0.25) is 0 Å². The average Bonchev–Trinajstić information content (AvgIpc) is 2.65. The Morgan fingerprint density at radius 3 is 2.81 bits per heavy atom. The molecule has 1 aromatic rings. The normalized spacial score (nSPS) is 23.8. The van der Waals surface area contributed by atoms with Crippen LogP contribution in [0.3, 0.4) is 0 Å². The van der Waals surface area contributed by atoms with Gasteiger partial charge in [-0.15, -0.1) is 11.8 Å². The summed E-state index contributed by atoms with van der Waals surface area (Å²) >= 11 is 7.09. The molecule has 7 nitrogen and oxygen atoms in total. The van der Waals surface area contributed by atoms with Crippen LogP contribution in [0.4, 0.5) is 0 Å². The average molecular weight is 393 g/mol. The number of methoxy groups -OCH3 is 1. The second-order valence-electron chi connectivity index (χ2n) is 5.40. The van der Waals surface area contributed by atoms with Crippen molar-refractivity contribution >= 4 is 47.3 Å². The maximum absolute atomic E-state index is 12.5. The van der Waals surface area contributed by atoms with Crippen LogP contribution in [0.15, 0.2) is 52.1 Å². The van der Waals surface area contributed by atoms with Crippen molar-refractivity contribution in [2.75, 3.05) is 7.11 Å². The number of pyridine rings is 1. The number of amides is 1. The largest absolute Gasteiger partial charge is 0.479 e. The Kier molecular flexibility index (Phi) is 5.15. The number of ether oxygens (including phenoxy) is 1. The highest BCUT2D eigenvalue weighted by Crippen LogP contribution is 2.44. The number of aliphatic carboxylic acids is 1. The van der Waals surface area contributed by atoms with E-state index in [1.165, 1.54) is 29.8 Å². The lowest BCUT2D eigenvalue weighted by atomic mass is 9.96. The Labute approximate surface area is 158 Å². The van der Waals surface area contributed by atoms with E-state index in [1.54, 1.807) is 35.9 Å². The molecule has 1 amide bonds. The Bertz CT molecular complexity index is 865. The van der Waals surface area contributed by atoms with Gasteiger partial charge >= 0.3 is 11.9 Å². The molecular weight excluding hydrogens is 380 g/mol. The van der Waals surface area contributed by atoms with E-state index in [4.69, 9.17) is 11.6 Å². The highest BCUT2D eigenvalue weighted by molar-refractivity contribution is 8.03. The molecule has 134 valence electrons. The Morgan fingerprint density at radius 2 is 2.19 bits per heavy atom. The molecule has 0 aliphatic carbocycles. The van der Waals surface area contributed by atoms with Gasteiger partial charge in [0.15, 0.2) is 6.04 Å². The zero-order valence-corrected chi connectivity index (χ0v) is 15.0. The van der Waals surface area contributed by atoms with Crippen molar-refractivity contribution in [1.82, 2.24) is 9.88 Å². The summed E-state index contributed by atoms with van der Waals surface area (Å²) in [6.07, 6.45) is 4.47. The summed E-state index contributed by atoms with van der Waals surface area (Å²) in [6, 6.07) is 4.09. The van der Waals surface area contributed by atoms with Gasteiger partial charge in [-0.25, -0.2) is 9.59 Å². The number of carboxylic acids is 1. The minimum Gasteiger partial charge on any atom is -0.479 e. The van der Waals surface area contributed by atoms with Crippen molar-refractivity contribution in [3.8, 4) is 0 Å². The van der Waals surface area contributed by atoms with E-state index in [9.17, 15) is 19.5 Å². The van der Waals surface area contributed by atoms with Gasteiger partial charge in [-0.05, 0) is 35.3 Å². The maximum Gasteiger partial charge on any atom is 0.349 e. The Morgan fingerprint density at radius 1 is 1.42 bits per heavy atom. The lowest BCUT2D eigenvalue weighted by molar-refractivity contribution is -0.150. The van der Waals surface area contributed by atoms with Crippen molar-refractivity contribution in [3.05, 3.63) is 57.8 Å². The fourth-order valence-corrected chi connectivity index (χ4v) is 3.99. The number of hydrogen-bond donors (Lipinski definition) is 1. The molecule has 1 N–H and O–H groups in total. The first-order valence-electron chi connectivity index (χ1n) is 7.43. The molecule has 0 radical (unpaired) electrons. The predicted molar refractivity (Wildman–Crippen MR) is 95.9 cm³/mol. The van der Waals surface area contributed by atoms with E-state index in [0.717, 1.165) is 0 Å². The predicted octanol–water partition coefficient (Wildman–Crippen LogP) is 2.01. The van der Waals surface area contributed by atoms with Crippen LogP contribution in [0.25, 0.3) is 6.08 Å². The number of carbonyl (C=O) groups excluding carboxylic acids is 2. The third-order valence-corrected chi connectivity index (χ3v) is 5.24. The summed E-state index contributed by atoms with van der Waals surface area (Å²) in [5, 5.41) is 10.5. The fourth-order valence-electron chi connectivity index (χ4n) is 2.64. The van der Waals surface area contributed by atoms with Crippen LogP contribution in [0, 0.1) is 0 Å². The molecule has 2 aliphatic rings. The van der Waals surface area contributed by atoms with Crippen LogP contribution in [0.1, 0.15) is 5.69 Å². The number of β-lactam (4-membered cyclic amide) rings is 1. The summed E-state index contributed by atoms with van der Waals surface area (Å²) in [4.78, 5) is 41.1. The lowest BCUT2D eigenvalue weighted by Crippen LogP contribution is -2.61. The number of halogens is 1. The molecule has 0 saturated carbocycles. The minimum absolute atomic E-state index is 0.236. The van der Waals surface area contributed by atoms with Crippen molar-refractivity contribution in [2.24, 2.45) is 0 Å². The molecule has 2 aliphatic heterocycles. The standard InChI is InChI=1S/C17H13ClN2O5S/c1-25-17(24)12(18)6-9-8-26-15-11(7-10-4-2-3-5-19-10)14(21)20(15)13(9)16(22)23/h2-8,13,15H,1H3,(H,22,23)/b11-7-,12-6-/t13?,15-/m0/s1. The zero-order valence-electron chi connectivity index (χ0n) is 13.5. The molecule has 1 aromatic heterocycles. The van der Waals surface area contributed by atoms with E-state index < -0.39 is 29.3 Å². The fraction of sp³-hybridized carbons (Fsp3) is 0.176. The molecule has 1 unspecified atom stereocenters. The molecule has 2 atom stereocenters. The van der Waals surface area contributed by atoms with E-state index >= 15 is 0 Å². The first kappa shape index (κ1) is 18.2. The number of aromatic nitrogens is 1. The van der Waals surface area contributed by atoms with Gasteiger partial charge in [-0.2, -0.15) is 0 Å². The number of hydrogen-bond acceptors (Lipinski definition) is 6. The third kappa shape index (κ3) is 3.25. The molecular formula is C17H13ClN2O5S. The smallest absolute Gasteiger partial charge is 0.349 e. The first-order valence-corrected chi connectivity index (χ1v) is 8.75. The van der Waals surface area contributed by atoms with Gasteiger partial charge in [0, 0.05) is 6.20 Å². The minimum atomic E-state index is -1.23. The number of nitrogens with zero attached hydrogens (tertiary/aromatic N) is 2. The summed E-state index contributed by atoms with van der Waals surface area (Å²) < 4.78 is 4.50. The van der Waals surface area contributed by atoms with Crippen LogP contribution in [-0.2, 0) is 19.1 Å². The number of fused-ring (bicyclic) bond motifs is 1. The zero-order chi connectivity index (χ0) is 18.8. The van der Waals surface area contributed by atoms with Gasteiger partial charge in [0.05, 0.1) is 18.4 Å². The first-order chi connectivity index (χ1) is 12.4. The van der Waals surface area contributed by atoms with Gasteiger partial charge < -0.3 is 14.7 Å². The highest BCUT2D eigenvalue weighted by Gasteiger charge is 2.51. The van der Waals surface area contributed by atoms with Gasteiger partial charge in [0.1, 0.15) is 10.4 Å². The monoisotopic (exact) mass is 392 g/mol. The third-order valence-electron chi connectivity index (χ3n) is 3.83. The number of carbonyl (C=O) groups is 3. The van der Waals surface area contributed by atoms with Gasteiger partial charge in [0.25, 0.3) is 5.91 Å². The summed E-state index contributed by atoms with van der Waals surface area (Å²) in [5.41, 5.74) is 1.32. The number of carboxylic acid groups (broad SMARTS) is 1. The van der Waals surface area contributed by atoms with Crippen molar-refractivity contribution in [3.63, 3.8) is 0 Å². The molecule has 1 saturated heterocycles. The Balaban J connectivity index is 1.92. The molecule has 1 fully saturated rings. The van der Waals surface area contributed by atoms with E-state index in [-0.39, 0.29) is 10.6 Å². The van der Waals surface area contributed by atoms with Crippen molar-refractivity contribution < 1.29 is 24.2 Å². The summed E-state index contributed by atoms with van der Waals surface area (Å²) in [7, 11) is 1.17. The summed E-state index contributed by atoms with van der Waals surface area (Å²) in [6.45, 7) is 0. The molecule has 0 spiro atoms. The van der Waals surface area contributed by atoms with Crippen LogP contribution >= 0.6 is 23.4 Å². The van der Waals surface area contributed by atoms with Gasteiger partial charge in [-0.1, -0.05) is 17.7 Å². The van der Waals surface area contributed by atoms with Crippen LogP contribution in [0.5, 0.6) is 0 Å². The molecule has 0 aromatic carbocycles. The highest BCUT2D eigenvalue weighted by atomic mass is 35.5. The van der Waals surface area contributed by atoms with Crippen LogP contribution in [0.2, 0.25) is 0 Å². The number of thioether (sulfide) groups is 1. The van der Waals surface area contributed by atoms with Crippen molar-refractivity contribution in [2.45, 2.75) is 11.4 Å². The van der Waals surface area contributed by atoms with E-state index in [1.807, 2.05) is 0 Å². The van der Waals surface area contributed by atoms with E-state index in [0.29, 0.717) is 11.3 Å². The van der Waals surface area contributed by atoms with Crippen LogP contribution in [-0.4, -0.2) is 51.4 Å². The lowest BCUT2D eigenvalue weighted by Gasteiger charge is -2.47. The number of rotatable bonds is 4. The van der Waals surface area contributed by atoms with Crippen LogP contribution < -0.4 is 0 Å². The topological polar surface area (TPSA) is 96.8 Å². The number of esters is 1. The summed E-state index contributed by atoms with van der Waals surface area (Å²) in [5.74, 6) is -2.39. The second kappa shape index (κ2) is 7.35. The molecule has 3 heterocycles. The van der Waals surface area contributed by atoms with E-state index in [2.05, 4.69) is 9.72 Å². The molecule has 9 heteroatoms. The quantitative estimate of drug-likeness (QED) is 0.475. The molecule has 0 bridgehead atoms.